The number of likely N-dealkylation sites (N-methyl/N-ethyl adjacent to an activating group) is 1. The highest BCUT2D eigenvalue weighted by atomic mass is 16.1. The van der Waals surface area contributed by atoms with Gasteiger partial charge in [0.05, 0.1) is 5.56 Å². The van der Waals surface area contributed by atoms with Gasteiger partial charge in [-0.25, -0.2) is 4.98 Å². The van der Waals surface area contributed by atoms with Crippen molar-refractivity contribution in [2.24, 2.45) is 0 Å². The van der Waals surface area contributed by atoms with Crippen molar-refractivity contribution in [1.82, 2.24) is 20.1 Å². The summed E-state index contributed by atoms with van der Waals surface area (Å²) in [4.78, 5) is 21.1. The first-order valence-electron chi connectivity index (χ1n) is 8.33. The zero-order valence-corrected chi connectivity index (χ0v) is 14.7. The van der Waals surface area contributed by atoms with E-state index in [4.69, 9.17) is 0 Å². The normalized spacial score (nSPS) is 18.0. The lowest BCUT2D eigenvalue weighted by Gasteiger charge is -2.46. The van der Waals surface area contributed by atoms with Crippen molar-refractivity contribution in [1.29, 1.82) is 0 Å². The summed E-state index contributed by atoms with van der Waals surface area (Å²) in [5.74, 6) is 0.548. The van der Waals surface area contributed by atoms with Gasteiger partial charge in [0.2, 0.25) is 0 Å². The number of nitrogens with zero attached hydrogens (tertiary/aromatic N) is 3. The van der Waals surface area contributed by atoms with E-state index < -0.39 is 0 Å². The minimum atomic E-state index is -0.111. The van der Waals surface area contributed by atoms with Gasteiger partial charge in [-0.1, -0.05) is 6.92 Å². The fraction of sp³-hybridized carbons (Fsp3) is 0.647. The lowest BCUT2D eigenvalue weighted by Crippen LogP contribution is -2.56. The van der Waals surface area contributed by atoms with Crippen molar-refractivity contribution >= 4 is 11.7 Å². The Kier molecular flexibility index (Phi) is 5.96. The van der Waals surface area contributed by atoms with E-state index in [1.54, 1.807) is 25.4 Å². The average molecular weight is 319 g/mol. The van der Waals surface area contributed by atoms with Crippen molar-refractivity contribution in [3.05, 3.63) is 23.9 Å². The molecule has 1 amide bonds. The van der Waals surface area contributed by atoms with Crippen molar-refractivity contribution in [3.8, 4) is 0 Å². The molecule has 1 aliphatic rings. The number of piperidine rings is 1. The number of amides is 1. The number of carbonyl (C=O) groups excluding carboxylic acids is 1. The van der Waals surface area contributed by atoms with E-state index >= 15 is 0 Å². The van der Waals surface area contributed by atoms with Gasteiger partial charge in [0.1, 0.15) is 5.82 Å². The van der Waals surface area contributed by atoms with E-state index in [1.807, 2.05) is 0 Å². The van der Waals surface area contributed by atoms with Crippen LogP contribution in [0.3, 0.4) is 0 Å². The predicted octanol–water partition coefficient (Wildman–Crippen LogP) is 1.27. The first-order chi connectivity index (χ1) is 11.0. The quantitative estimate of drug-likeness (QED) is 0.827. The lowest BCUT2D eigenvalue weighted by atomic mass is 9.86. The average Bonchev–Trinajstić information content (AvgIpc) is 2.59. The molecule has 0 spiro atoms. The van der Waals surface area contributed by atoms with Crippen molar-refractivity contribution in [3.63, 3.8) is 0 Å². The summed E-state index contributed by atoms with van der Waals surface area (Å²) >= 11 is 0. The van der Waals surface area contributed by atoms with E-state index in [0.717, 1.165) is 39.0 Å². The number of hydrogen-bond donors (Lipinski definition) is 2. The molecule has 0 radical (unpaired) electrons. The van der Waals surface area contributed by atoms with Gasteiger partial charge in [0, 0.05) is 25.3 Å². The Morgan fingerprint density at radius 2 is 2.09 bits per heavy atom. The summed E-state index contributed by atoms with van der Waals surface area (Å²) in [6.07, 6.45) is 3.95. The van der Waals surface area contributed by atoms with Crippen LogP contribution in [0.15, 0.2) is 18.3 Å². The summed E-state index contributed by atoms with van der Waals surface area (Å²) in [6, 6.07) is 3.59. The maximum absolute atomic E-state index is 12.0. The second kappa shape index (κ2) is 7.75. The second-order valence-electron chi connectivity index (χ2n) is 6.39. The van der Waals surface area contributed by atoms with Crippen LogP contribution in [0.25, 0.3) is 0 Å². The van der Waals surface area contributed by atoms with E-state index in [2.05, 4.69) is 46.4 Å². The Bertz CT molecular complexity index is 523. The maximum Gasteiger partial charge on any atom is 0.254 e. The number of hydrogen-bond acceptors (Lipinski definition) is 5. The van der Waals surface area contributed by atoms with Crippen LogP contribution in [0.2, 0.25) is 0 Å². The number of nitrogens with one attached hydrogen (secondary N) is 2. The molecule has 1 aromatic rings. The molecule has 0 unspecified atom stereocenters. The predicted molar refractivity (Wildman–Crippen MR) is 93.9 cm³/mol. The molecule has 0 aliphatic carbocycles. The topological polar surface area (TPSA) is 60.5 Å². The molecule has 1 saturated heterocycles. The standard InChI is InChI=1S/C17H29N5O/c1-5-22-11-8-17(9-12-22,21(3)4)13-20-15-14(16(23)18-2)7-6-10-19-15/h6-7,10H,5,8-9,11-13H2,1-4H3,(H,18,23)(H,19,20). The Balaban J connectivity index is 2.10. The number of aromatic nitrogens is 1. The second-order valence-corrected chi connectivity index (χ2v) is 6.39. The zero-order valence-electron chi connectivity index (χ0n) is 14.7. The molecule has 1 aliphatic heterocycles. The van der Waals surface area contributed by atoms with Gasteiger partial charge in [0.25, 0.3) is 5.91 Å². The van der Waals surface area contributed by atoms with Gasteiger partial charge in [-0.05, 0) is 58.7 Å². The molecule has 6 nitrogen and oxygen atoms in total. The monoisotopic (exact) mass is 319 g/mol. The number of likely N-dealkylation sites (tertiary alicyclic amines) is 1. The van der Waals surface area contributed by atoms with Crippen LogP contribution in [0.5, 0.6) is 0 Å². The maximum atomic E-state index is 12.0. The molecule has 1 aromatic heterocycles. The van der Waals surface area contributed by atoms with Gasteiger partial charge in [0.15, 0.2) is 0 Å². The largest absolute Gasteiger partial charge is 0.368 e. The van der Waals surface area contributed by atoms with E-state index in [-0.39, 0.29) is 11.4 Å². The Morgan fingerprint density at radius 3 is 2.65 bits per heavy atom. The van der Waals surface area contributed by atoms with E-state index in [1.165, 1.54) is 0 Å². The molecule has 23 heavy (non-hydrogen) atoms. The van der Waals surface area contributed by atoms with Crippen LogP contribution in [-0.2, 0) is 0 Å². The first-order valence-corrected chi connectivity index (χ1v) is 8.33. The SMILES string of the molecule is CCN1CCC(CNc2ncccc2C(=O)NC)(N(C)C)CC1. The van der Waals surface area contributed by atoms with E-state index in [0.29, 0.717) is 11.4 Å². The Hall–Kier alpha value is -1.66. The summed E-state index contributed by atoms with van der Waals surface area (Å²) < 4.78 is 0. The molecule has 0 bridgehead atoms. The molecule has 0 atom stereocenters. The number of rotatable bonds is 6. The molecule has 6 heteroatoms. The minimum Gasteiger partial charge on any atom is -0.368 e. The van der Waals surface area contributed by atoms with Crippen LogP contribution >= 0.6 is 0 Å². The van der Waals surface area contributed by atoms with Crippen molar-refractivity contribution in [2.75, 3.05) is 52.6 Å². The molecule has 1 fully saturated rings. The van der Waals surface area contributed by atoms with Gasteiger partial charge < -0.3 is 20.4 Å². The van der Waals surface area contributed by atoms with Crippen LogP contribution in [-0.4, -0.2) is 73.6 Å². The molecule has 0 saturated carbocycles. The third-order valence-electron chi connectivity index (χ3n) is 5.05. The number of carbonyl (C=O) groups is 1. The van der Waals surface area contributed by atoms with Gasteiger partial charge in [-0.3, -0.25) is 4.79 Å². The summed E-state index contributed by atoms with van der Waals surface area (Å²) in [5, 5.41) is 6.09. The summed E-state index contributed by atoms with van der Waals surface area (Å²) in [7, 11) is 5.92. The van der Waals surface area contributed by atoms with Gasteiger partial charge in [-0.15, -0.1) is 0 Å². The summed E-state index contributed by atoms with van der Waals surface area (Å²) in [5.41, 5.74) is 0.693. The fourth-order valence-electron chi connectivity index (χ4n) is 3.18. The Morgan fingerprint density at radius 1 is 1.39 bits per heavy atom. The lowest BCUT2D eigenvalue weighted by molar-refractivity contribution is 0.0686. The molecule has 2 N–H and O–H groups in total. The first kappa shape index (κ1) is 17.7. The van der Waals surface area contributed by atoms with Crippen molar-refractivity contribution in [2.45, 2.75) is 25.3 Å². The zero-order chi connectivity index (χ0) is 16.9. The fourth-order valence-corrected chi connectivity index (χ4v) is 3.18. The van der Waals surface area contributed by atoms with Gasteiger partial charge >= 0.3 is 0 Å². The van der Waals surface area contributed by atoms with Crippen LogP contribution in [0, 0.1) is 0 Å². The van der Waals surface area contributed by atoms with E-state index in [9.17, 15) is 4.79 Å². The number of anilines is 1. The van der Waals surface area contributed by atoms with Crippen LogP contribution < -0.4 is 10.6 Å². The highest BCUT2D eigenvalue weighted by molar-refractivity contribution is 5.98. The van der Waals surface area contributed by atoms with Gasteiger partial charge in [-0.2, -0.15) is 0 Å². The third-order valence-corrected chi connectivity index (χ3v) is 5.05. The molecule has 128 valence electrons. The smallest absolute Gasteiger partial charge is 0.254 e. The molecular weight excluding hydrogens is 290 g/mol. The highest BCUT2D eigenvalue weighted by Gasteiger charge is 2.36. The van der Waals surface area contributed by atoms with Crippen LogP contribution in [0.4, 0.5) is 5.82 Å². The number of pyridine rings is 1. The minimum absolute atomic E-state index is 0.100. The Labute approximate surface area is 139 Å². The molecular formula is C17H29N5O. The van der Waals surface area contributed by atoms with Crippen LogP contribution in [0.1, 0.15) is 30.1 Å². The molecule has 0 aromatic carbocycles. The third kappa shape index (κ3) is 4.00. The molecule has 2 heterocycles. The summed E-state index contributed by atoms with van der Waals surface area (Å²) in [6.45, 7) is 6.34. The highest BCUT2D eigenvalue weighted by Crippen LogP contribution is 2.28. The molecule has 2 rings (SSSR count). The van der Waals surface area contributed by atoms with Crippen molar-refractivity contribution < 1.29 is 4.79 Å².